The monoisotopic (exact) mass is 476 g/mol. The van der Waals surface area contributed by atoms with E-state index in [1.807, 2.05) is 30.3 Å². The van der Waals surface area contributed by atoms with Crippen LogP contribution in [0.3, 0.4) is 0 Å². The molecule has 0 amide bonds. The smallest absolute Gasteiger partial charge is 0.314 e. The van der Waals surface area contributed by atoms with E-state index in [1.165, 1.54) is 89.9 Å². The lowest BCUT2D eigenvalue weighted by molar-refractivity contribution is -0.140. The number of hydrogen-bond acceptors (Lipinski definition) is 2. The van der Waals surface area contributed by atoms with Gasteiger partial charge in [-0.3, -0.25) is 4.79 Å². The molecule has 2 saturated carbocycles. The summed E-state index contributed by atoms with van der Waals surface area (Å²) in [6, 6.07) is 7.66. The van der Waals surface area contributed by atoms with Crippen LogP contribution in [0.15, 0.2) is 36.4 Å². The molecule has 0 aliphatic heterocycles. The van der Waals surface area contributed by atoms with Gasteiger partial charge in [0.15, 0.2) is 0 Å². The lowest BCUT2D eigenvalue weighted by Crippen LogP contribution is -2.25. The third-order valence-electron chi connectivity index (χ3n) is 8.24. The Morgan fingerprint density at radius 3 is 1.97 bits per heavy atom. The second kappa shape index (κ2) is 15.9. The Kier molecular flexibility index (Phi) is 12.5. The largest absolute Gasteiger partial charge is 0.426 e. The van der Waals surface area contributed by atoms with Crippen LogP contribution in [0.1, 0.15) is 122 Å². The molecule has 0 bridgehead atoms. The topological polar surface area (TPSA) is 26.3 Å². The van der Waals surface area contributed by atoms with E-state index in [1.54, 1.807) is 0 Å². The third-order valence-corrected chi connectivity index (χ3v) is 8.24. The van der Waals surface area contributed by atoms with Crippen LogP contribution in [0.25, 0.3) is 0 Å². The van der Waals surface area contributed by atoms with Gasteiger partial charge in [0.25, 0.3) is 0 Å². The molecule has 35 heavy (non-hydrogen) atoms. The van der Waals surface area contributed by atoms with Gasteiger partial charge in [-0.15, -0.1) is 0 Å². The van der Waals surface area contributed by atoms with Crippen LogP contribution in [0.5, 0.6) is 5.75 Å². The Hall–Kier alpha value is -2.01. The summed E-state index contributed by atoms with van der Waals surface area (Å²) in [4.78, 5) is 12.6. The molecule has 3 rings (SSSR count). The predicted octanol–water partition coefficient (Wildman–Crippen LogP) is 9.27. The SMILES string of the molecule is CCCCC[C@H]1CC[C@H](C=CC#Cc2ccc(OC(=O)[C@H]3CC[C@H](CCCCC)CC3)cc2)CC1. The first kappa shape index (κ1) is 27.6. The van der Waals surface area contributed by atoms with Crippen LogP contribution in [-0.2, 0) is 4.79 Å². The van der Waals surface area contributed by atoms with Crippen molar-refractivity contribution in [3.05, 3.63) is 42.0 Å². The van der Waals surface area contributed by atoms with E-state index in [-0.39, 0.29) is 11.9 Å². The number of esters is 1. The average molecular weight is 477 g/mol. The highest BCUT2D eigenvalue weighted by Gasteiger charge is 2.27. The standard InChI is InChI=1S/C33H48O2/c1-3-5-7-11-27-15-17-28(18-16-27)13-9-10-14-30-21-25-32(26-22-30)35-33(34)31-23-19-29(20-24-31)12-8-6-4-2/h9,13,21-22,25-29,31H,3-8,11-12,15-20,23-24H2,1-2H3/t27-,28-,29-,31-. The fourth-order valence-corrected chi connectivity index (χ4v) is 5.84. The Morgan fingerprint density at radius 1 is 0.829 bits per heavy atom. The summed E-state index contributed by atoms with van der Waals surface area (Å²) < 4.78 is 5.69. The van der Waals surface area contributed by atoms with Crippen molar-refractivity contribution >= 4 is 5.97 Å². The summed E-state index contributed by atoms with van der Waals surface area (Å²) in [5, 5.41) is 0. The minimum atomic E-state index is -0.0566. The number of hydrogen-bond donors (Lipinski definition) is 0. The number of ether oxygens (including phenoxy) is 1. The van der Waals surface area contributed by atoms with E-state index in [4.69, 9.17) is 4.74 Å². The molecule has 0 heterocycles. The molecule has 2 aliphatic carbocycles. The van der Waals surface area contributed by atoms with Crippen LogP contribution in [0.4, 0.5) is 0 Å². The first-order valence-electron chi connectivity index (χ1n) is 14.7. The number of rotatable bonds is 11. The van der Waals surface area contributed by atoms with Gasteiger partial charge < -0.3 is 4.74 Å². The van der Waals surface area contributed by atoms with Gasteiger partial charge in [0.1, 0.15) is 5.75 Å². The van der Waals surface area contributed by atoms with Crippen LogP contribution in [0, 0.1) is 35.5 Å². The van der Waals surface area contributed by atoms with Gasteiger partial charge in [-0.05, 0) is 99.5 Å². The molecule has 0 aromatic heterocycles. The average Bonchev–Trinajstić information content (AvgIpc) is 2.89. The molecule has 0 atom stereocenters. The zero-order valence-electron chi connectivity index (χ0n) is 22.4. The second-order valence-electron chi connectivity index (χ2n) is 11.1. The van der Waals surface area contributed by atoms with E-state index >= 15 is 0 Å². The highest BCUT2D eigenvalue weighted by atomic mass is 16.5. The molecular formula is C33H48O2. The second-order valence-corrected chi connectivity index (χ2v) is 11.1. The maximum absolute atomic E-state index is 12.6. The Morgan fingerprint density at radius 2 is 1.40 bits per heavy atom. The Labute approximate surface area is 215 Å². The fraction of sp³-hybridized carbons (Fsp3) is 0.667. The van der Waals surface area contributed by atoms with Gasteiger partial charge in [-0.1, -0.05) is 83.1 Å². The highest BCUT2D eigenvalue weighted by molar-refractivity contribution is 5.75. The van der Waals surface area contributed by atoms with Crippen molar-refractivity contribution in [1.29, 1.82) is 0 Å². The first-order valence-corrected chi connectivity index (χ1v) is 14.7. The van der Waals surface area contributed by atoms with Gasteiger partial charge in [-0.25, -0.2) is 0 Å². The lowest BCUT2D eigenvalue weighted by Gasteiger charge is -2.27. The molecule has 0 saturated heterocycles. The minimum Gasteiger partial charge on any atom is -0.426 e. The van der Waals surface area contributed by atoms with E-state index in [2.05, 4.69) is 31.8 Å². The van der Waals surface area contributed by atoms with Crippen LogP contribution >= 0.6 is 0 Å². The molecule has 2 fully saturated rings. The van der Waals surface area contributed by atoms with Crippen LogP contribution in [-0.4, -0.2) is 5.97 Å². The number of carbonyl (C=O) groups excluding carboxylic acids is 1. The maximum atomic E-state index is 12.6. The summed E-state index contributed by atoms with van der Waals surface area (Å²) in [5.41, 5.74) is 0.960. The highest BCUT2D eigenvalue weighted by Crippen LogP contribution is 2.34. The number of carbonyl (C=O) groups is 1. The van der Waals surface area contributed by atoms with Crippen molar-refractivity contribution < 1.29 is 9.53 Å². The number of unbranched alkanes of at least 4 members (excludes halogenated alkanes) is 4. The molecule has 0 N–H and O–H groups in total. The zero-order chi connectivity index (χ0) is 24.7. The molecule has 1 aromatic rings. The van der Waals surface area contributed by atoms with Gasteiger partial charge >= 0.3 is 5.97 Å². The molecule has 192 valence electrons. The fourth-order valence-electron chi connectivity index (χ4n) is 5.84. The van der Waals surface area contributed by atoms with Crippen molar-refractivity contribution in [2.24, 2.45) is 23.7 Å². The molecule has 1 aromatic carbocycles. The van der Waals surface area contributed by atoms with Crippen LogP contribution in [0.2, 0.25) is 0 Å². The quantitative estimate of drug-likeness (QED) is 0.138. The van der Waals surface area contributed by atoms with Crippen molar-refractivity contribution in [2.75, 3.05) is 0 Å². The van der Waals surface area contributed by atoms with Crippen molar-refractivity contribution in [3.8, 4) is 17.6 Å². The van der Waals surface area contributed by atoms with Crippen molar-refractivity contribution in [3.63, 3.8) is 0 Å². The Balaban J connectivity index is 1.35. The van der Waals surface area contributed by atoms with Gasteiger partial charge in [0.05, 0.1) is 5.92 Å². The molecule has 0 radical (unpaired) electrons. The minimum absolute atomic E-state index is 0.0566. The molecule has 0 spiro atoms. The predicted molar refractivity (Wildman–Crippen MR) is 147 cm³/mol. The van der Waals surface area contributed by atoms with Crippen LogP contribution < -0.4 is 4.74 Å². The summed E-state index contributed by atoms with van der Waals surface area (Å²) in [5.74, 6) is 9.52. The molecule has 0 unspecified atom stereocenters. The number of allylic oxidation sites excluding steroid dienone is 2. The molecule has 2 nitrogen and oxygen atoms in total. The maximum Gasteiger partial charge on any atom is 0.314 e. The van der Waals surface area contributed by atoms with E-state index < -0.39 is 0 Å². The normalized spacial score (nSPS) is 24.6. The summed E-state index contributed by atoms with van der Waals surface area (Å²) in [6.45, 7) is 4.54. The molecule has 2 aliphatic rings. The van der Waals surface area contributed by atoms with Gasteiger partial charge in [-0.2, -0.15) is 0 Å². The van der Waals surface area contributed by atoms with Gasteiger partial charge in [0, 0.05) is 5.56 Å². The molecule has 2 heteroatoms. The Bertz CT molecular complexity index is 809. The van der Waals surface area contributed by atoms with E-state index in [9.17, 15) is 4.79 Å². The number of benzene rings is 1. The van der Waals surface area contributed by atoms with Crippen molar-refractivity contribution in [1.82, 2.24) is 0 Å². The van der Waals surface area contributed by atoms with Crippen molar-refractivity contribution in [2.45, 2.75) is 117 Å². The lowest BCUT2D eigenvalue weighted by atomic mass is 9.79. The first-order chi connectivity index (χ1) is 17.2. The van der Waals surface area contributed by atoms with Gasteiger partial charge in [0.2, 0.25) is 0 Å². The summed E-state index contributed by atoms with van der Waals surface area (Å²) in [7, 11) is 0. The zero-order valence-corrected chi connectivity index (χ0v) is 22.4. The van der Waals surface area contributed by atoms with E-state index in [0.717, 1.165) is 30.2 Å². The molecular weight excluding hydrogens is 428 g/mol. The van der Waals surface area contributed by atoms with E-state index in [0.29, 0.717) is 11.7 Å². The third kappa shape index (κ3) is 10.2. The summed E-state index contributed by atoms with van der Waals surface area (Å²) >= 11 is 0. The summed E-state index contributed by atoms with van der Waals surface area (Å²) in [6.07, 6.45) is 24.9.